The van der Waals surface area contributed by atoms with Gasteiger partial charge in [0.1, 0.15) is 0 Å². The summed E-state index contributed by atoms with van der Waals surface area (Å²) in [6.07, 6.45) is 0.901. The van der Waals surface area contributed by atoms with Crippen molar-refractivity contribution in [3.63, 3.8) is 0 Å². The molecule has 0 bridgehead atoms. The van der Waals surface area contributed by atoms with E-state index in [0.29, 0.717) is 19.7 Å². The molecule has 1 aliphatic heterocycles. The van der Waals surface area contributed by atoms with Gasteiger partial charge in [-0.1, -0.05) is 0 Å². The van der Waals surface area contributed by atoms with Crippen molar-refractivity contribution in [3.05, 3.63) is 0 Å². The number of carboxylic acid groups (broad SMARTS) is 1. The van der Waals surface area contributed by atoms with E-state index >= 15 is 0 Å². The number of ether oxygens (including phenoxy) is 1. The summed E-state index contributed by atoms with van der Waals surface area (Å²) in [5.74, 6) is -0.796. The Kier molecular flexibility index (Phi) is 4.86. The van der Waals surface area contributed by atoms with Gasteiger partial charge in [0, 0.05) is 13.1 Å². The molecule has 0 aromatic carbocycles. The molecule has 0 radical (unpaired) electrons. The number of aliphatic carboxylic acids is 1. The van der Waals surface area contributed by atoms with Crippen molar-refractivity contribution in [2.24, 2.45) is 5.73 Å². The fourth-order valence-electron chi connectivity index (χ4n) is 1.62. The van der Waals surface area contributed by atoms with E-state index in [0.717, 1.165) is 19.5 Å². The average molecular weight is 202 g/mol. The van der Waals surface area contributed by atoms with Gasteiger partial charge in [-0.3, -0.25) is 9.69 Å². The van der Waals surface area contributed by atoms with E-state index in [1.165, 1.54) is 0 Å². The Balaban J connectivity index is 2.24. The standard InChI is InChI=1S/C9H18N2O3/c10-2-1-3-11-4-5-14-8(7-11)6-9(12)13/h8H,1-7,10H2,(H,12,13). The predicted octanol–water partition coefficient (Wildman–Crippen LogP) is -0.489. The molecule has 1 fully saturated rings. The third-order valence-electron chi connectivity index (χ3n) is 2.30. The monoisotopic (exact) mass is 202 g/mol. The lowest BCUT2D eigenvalue weighted by Crippen LogP contribution is -2.43. The summed E-state index contributed by atoms with van der Waals surface area (Å²) in [4.78, 5) is 12.7. The second-order valence-electron chi connectivity index (χ2n) is 3.53. The summed E-state index contributed by atoms with van der Waals surface area (Å²) in [6, 6.07) is 0. The van der Waals surface area contributed by atoms with E-state index in [1.54, 1.807) is 0 Å². The maximum atomic E-state index is 10.5. The first-order valence-electron chi connectivity index (χ1n) is 4.98. The van der Waals surface area contributed by atoms with Crippen LogP contribution < -0.4 is 5.73 Å². The van der Waals surface area contributed by atoms with Gasteiger partial charge in [-0.15, -0.1) is 0 Å². The summed E-state index contributed by atoms with van der Waals surface area (Å²) >= 11 is 0. The molecule has 1 saturated heterocycles. The number of morpholine rings is 1. The lowest BCUT2D eigenvalue weighted by molar-refractivity contribution is -0.142. The fourth-order valence-corrected chi connectivity index (χ4v) is 1.62. The second kappa shape index (κ2) is 5.95. The summed E-state index contributed by atoms with van der Waals surface area (Å²) in [5.41, 5.74) is 5.41. The van der Waals surface area contributed by atoms with Crippen LogP contribution >= 0.6 is 0 Å². The van der Waals surface area contributed by atoms with Crippen LogP contribution in [0.1, 0.15) is 12.8 Å². The van der Waals surface area contributed by atoms with Crippen LogP contribution in [-0.4, -0.2) is 54.9 Å². The highest BCUT2D eigenvalue weighted by Crippen LogP contribution is 2.08. The van der Waals surface area contributed by atoms with Gasteiger partial charge in [0.05, 0.1) is 19.1 Å². The Morgan fingerprint density at radius 3 is 3.07 bits per heavy atom. The van der Waals surface area contributed by atoms with Crippen LogP contribution in [0.25, 0.3) is 0 Å². The van der Waals surface area contributed by atoms with Crippen LogP contribution in [0.15, 0.2) is 0 Å². The highest BCUT2D eigenvalue weighted by Gasteiger charge is 2.21. The molecule has 1 atom stereocenters. The quantitative estimate of drug-likeness (QED) is 0.629. The van der Waals surface area contributed by atoms with Crippen molar-refractivity contribution < 1.29 is 14.6 Å². The molecule has 0 aromatic rings. The fraction of sp³-hybridized carbons (Fsp3) is 0.889. The summed E-state index contributed by atoms with van der Waals surface area (Å²) in [7, 11) is 0. The number of carboxylic acids is 1. The summed E-state index contributed by atoms with van der Waals surface area (Å²) in [6.45, 7) is 3.85. The van der Waals surface area contributed by atoms with Gasteiger partial charge in [-0.2, -0.15) is 0 Å². The maximum Gasteiger partial charge on any atom is 0.306 e. The average Bonchev–Trinajstić information content (AvgIpc) is 2.14. The van der Waals surface area contributed by atoms with Gasteiger partial charge in [-0.05, 0) is 19.5 Å². The van der Waals surface area contributed by atoms with Crippen molar-refractivity contribution >= 4 is 5.97 Å². The molecule has 0 aromatic heterocycles. The zero-order valence-corrected chi connectivity index (χ0v) is 8.32. The van der Waals surface area contributed by atoms with Crippen molar-refractivity contribution in [2.45, 2.75) is 18.9 Å². The zero-order chi connectivity index (χ0) is 10.4. The Bertz CT molecular complexity index is 187. The first-order chi connectivity index (χ1) is 6.72. The SMILES string of the molecule is NCCCN1CCOC(CC(=O)O)C1. The van der Waals surface area contributed by atoms with Crippen LogP contribution in [0.3, 0.4) is 0 Å². The van der Waals surface area contributed by atoms with E-state index in [-0.39, 0.29) is 12.5 Å². The highest BCUT2D eigenvalue weighted by molar-refractivity contribution is 5.67. The van der Waals surface area contributed by atoms with Crippen LogP contribution in [0.5, 0.6) is 0 Å². The number of carbonyl (C=O) groups is 1. The molecule has 14 heavy (non-hydrogen) atoms. The molecular formula is C9H18N2O3. The molecule has 0 amide bonds. The van der Waals surface area contributed by atoms with Gasteiger partial charge in [0.2, 0.25) is 0 Å². The molecule has 1 aliphatic rings. The van der Waals surface area contributed by atoms with Crippen LogP contribution in [0, 0.1) is 0 Å². The highest BCUT2D eigenvalue weighted by atomic mass is 16.5. The zero-order valence-electron chi connectivity index (χ0n) is 8.32. The van der Waals surface area contributed by atoms with E-state index in [9.17, 15) is 4.79 Å². The number of rotatable bonds is 5. The van der Waals surface area contributed by atoms with Gasteiger partial charge < -0.3 is 15.6 Å². The topological polar surface area (TPSA) is 75.8 Å². The molecular weight excluding hydrogens is 184 g/mol. The number of hydrogen-bond acceptors (Lipinski definition) is 4. The summed E-state index contributed by atoms with van der Waals surface area (Å²) in [5, 5.41) is 8.61. The minimum Gasteiger partial charge on any atom is -0.481 e. The van der Waals surface area contributed by atoms with Crippen molar-refractivity contribution in [1.82, 2.24) is 4.90 Å². The largest absolute Gasteiger partial charge is 0.481 e. The van der Waals surface area contributed by atoms with Crippen LogP contribution in [-0.2, 0) is 9.53 Å². The predicted molar refractivity (Wildman–Crippen MR) is 52.1 cm³/mol. The smallest absolute Gasteiger partial charge is 0.306 e. The van der Waals surface area contributed by atoms with Crippen molar-refractivity contribution in [2.75, 3.05) is 32.8 Å². The van der Waals surface area contributed by atoms with E-state index in [4.69, 9.17) is 15.6 Å². The van der Waals surface area contributed by atoms with E-state index in [1.807, 2.05) is 0 Å². The molecule has 5 nitrogen and oxygen atoms in total. The molecule has 1 heterocycles. The first kappa shape index (κ1) is 11.4. The molecule has 82 valence electrons. The molecule has 3 N–H and O–H groups in total. The maximum absolute atomic E-state index is 10.5. The van der Waals surface area contributed by atoms with Crippen molar-refractivity contribution in [3.8, 4) is 0 Å². The minimum absolute atomic E-state index is 0.0964. The van der Waals surface area contributed by atoms with Crippen LogP contribution in [0.2, 0.25) is 0 Å². The molecule has 1 rings (SSSR count). The van der Waals surface area contributed by atoms with Crippen molar-refractivity contribution in [1.29, 1.82) is 0 Å². The third-order valence-corrected chi connectivity index (χ3v) is 2.30. The van der Waals surface area contributed by atoms with Crippen LogP contribution in [0.4, 0.5) is 0 Å². The Morgan fingerprint density at radius 1 is 1.64 bits per heavy atom. The Morgan fingerprint density at radius 2 is 2.43 bits per heavy atom. The summed E-state index contributed by atoms with van der Waals surface area (Å²) < 4.78 is 5.35. The molecule has 0 saturated carbocycles. The molecule has 5 heteroatoms. The normalized spacial score (nSPS) is 23.6. The van der Waals surface area contributed by atoms with Gasteiger partial charge in [0.25, 0.3) is 0 Å². The van der Waals surface area contributed by atoms with Gasteiger partial charge in [0.15, 0.2) is 0 Å². The number of hydrogen-bond donors (Lipinski definition) is 2. The van der Waals surface area contributed by atoms with Gasteiger partial charge in [-0.25, -0.2) is 0 Å². The number of nitrogens with two attached hydrogens (primary N) is 1. The lowest BCUT2D eigenvalue weighted by atomic mass is 10.2. The van der Waals surface area contributed by atoms with Gasteiger partial charge >= 0.3 is 5.97 Å². The molecule has 1 unspecified atom stereocenters. The minimum atomic E-state index is -0.796. The molecule has 0 spiro atoms. The number of nitrogens with zero attached hydrogens (tertiary/aromatic N) is 1. The first-order valence-corrected chi connectivity index (χ1v) is 4.98. The third kappa shape index (κ3) is 4.04. The Hall–Kier alpha value is -0.650. The molecule has 0 aliphatic carbocycles. The van der Waals surface area contributed by atoms with E-state index in [2.05, 4.69) is 4.90 Å². The Labute approximate surface area is 83.8 Å². The second-order valence-corrected chi connectivity index (χ2v) is 3.53. The lowest BCUT2D eigenvalue weighted by Gasteiger charge is -2.32. The van der Waals surface area contributed by atoms with E-state index < -0.39 is 5.97 Å².